The van der Waals surface area contributed by atoms with Crippen molar-refractivity contribution in [1.29, 1.82) is 0 Å². The van der Waals surface area contributed by atoms with Gasteiger partial charge in [0.05, 0.1) is 0 Å². The van der Waals surface area contributed by atoms with Crippen LogP contribution in [0.4, 0.5) is 5.13 Å². The fourth-order valence-electron chi connectivity index (χ4n) is 4.44. The number of rotatable bonds is 5. The number of carbonyl (C=O) groups is 1. The minimum atomic E-state index is 0.143. The Bertz CT molecular complexity index is 1050. The van der Waals surface area contributed by atoms with Gasteiger partial charge in [-0.25, -0.2) is 4.98 Å². The molecule has 7 heteroatoms. The monoisotopic (exact) mass is 452 g/mol. The summed E-state index contributed by atoms with van der Waals surface area (Å²) in [6, 6.07) is 18.4. The molecule has 2 fully saturated rings. The summed E-state index contributed by atoms with van der Waals surface area (Å²) in [5.74, 6) is 1.67. The maximum Gasteiger partial charge on any atom is 0.226 e. The van der Waals surface area contributed by atoms with Crippen molar-refractivity contribution in [2.24, 2.45) is 5.92 Å². The molecule has 2 aliphatic rings. The molecule has 3 atom stereocenters. The van der Waals surface area contributed by atoms with Crippen LogP contribution in [0.5, 0.6) is 0 Å². The maximum atomic E-state index is 13.1. The highest BCUT2D eigenvalue weighted by molar-refractivity contribution is 7.09. The van der Waals surface area contributed by atoms with E-state index in [4.69, 9.17) is 16.6 Å². The number of hydrogen-bond donors (Lipinski definition) is 0. The third-order valence-corrected chi connectivity index (χ3v) is 7.32. The Morgan fingerprint density at radius 3 is 2.65 bits per heavy atom. The Morgan fingerprint density at radius 2 is 1.90 bits per heavy atom. The molecule has 1 saturated heterocycles. The Morgan fingerprint density at radius 1 is 1.13 bits per heavy atom. The zero-order valence-electron chi connectivity index (χ0n) is 17.4. The van der Waals surface area contributed by atoms with Crippen molar-refractivity contribution in [3.8, 4) is 0 Å². The first-order chi connectivity index (χ1) is 15.1. The van der Waals surface area contributed by atoms with Gasteiger partial charge in [-0.1, -0.05) is 54.1 Å². The highest BCUT2D eigenvalue weighted by Crippen LogP contribution is 2.48. The predicted molar refractivity (Wildman–Crippen MR) is 125 cm³/mol. The van der Waals surface area contributed by atoms with Crippen molar-refractivity contribution in [3.05, 3.63) is 76.6 Å². The highest BCUT2D eigenvalue weighted by atomic mass is 35.5. The van der Waals surface area contributed by atoms with Gasteiger partial charge in [0.25, 0.3) is 0 Å². The SMILES string of the molecule is CC1CN(c2nc(Cc3ccc(Cl)cc3)ns2)CCN1C(=O)C1CC1c1ccccc1. The van der Waals surface area contributed by atoms with Crippen LogP contribution >= 0.6 is 23.1 Å². The van der Waals surface area contributed by atoms with Crippen LogP contribution in [0, 0.1) is 5.92 Å². The predicted octanol–water partition coefficient (Wildman–Crippen LogP) is 4.62. The normalized spacial score (nSPS) is 23.1. The van der Waals surface area contributed by atoms with Crippen molar-refractivity contribution in [2.75, 3.05) is 24.5 Å². The highest BCUT2D eigenvalue weighted by Gasteiger charge is 2.47. The summed E-state index contributed by atoms with van der Waals surface area (Å²) in [6.07, 6.45) is 1.67. The summed E-state index contributed by atoms with van der Waals surface area (Å²) in [5, 5.41) is 1.68. The molecule has 2 heterocycles. The number of carbonyl (C=O) groups excluding carboxylic acids is 1. The summed E-state index contributed by atoms with van der Waals surface area (Å²) in [5.41, 5.74) is 2.43. The zero-order valence-corrected chi connectivity index (χ0v) is 19.0. The summed E-state index contributed by atoms with van der Waals surface area (Å²) in [7, 11) is 0. The molecule has 1 aromatic heterocycles. The van der Waals surface area contributed by atoms with Crippen LogP contribution in [0.25, 0.3) is 0 Å². The molecule has 0 radical (unpaired) electrons. The van der Waals surface area contributed by atoms with Crippen LogP contribution in [-0.2, 0) is 11.2 Å². The summed E-state index contributed by atoms with van der Waals surface area (Å²) < 4.78 is 4.55. The average Bonchev–Trinajstić information content (AvgIpc) is 3.46. The Balaban J connectivity index is 1.18. The van der Waals surface area contributed by atoms with Crippen molar-refractivity contribution >= 4 is 34.2 Å². The molecule has 0 spiro atoms. The van der Waals surface area contributed by atoms with Crippen LogP contribution in [0.3, 0.4) is 0 Å². The number of hydrogen-bond acceptors (Lipinski definition) is 5. The topological polar surface area (TPSA) is 49.3 Å². The Hall–Kier alpha value is -2.44. The largest absolute Gasteiger partial charge is 0.343 e. The van der Waals surface area contributed by atoms with Gasteiger partial charge in [-0.15, -0.1) is 0 Å². The molecular weight excluding hydrogens is 428 g/mol. The molecule has 1 aliphatic carbocycles. The number of nitrogens with zero attached hydrogens (tertiary/aromatic N) is 4. The smallest absolute Gasteiger partial charge is 0.226 e. The van der Waals surface area contributed by atoms with E-state index in [2.05, 4.69) is 45.4 Å². The maximum absolute atomic E-state index is 13.1. The second kappa shape index (κ2) is 8.60. The molecule has 0 bridgehead atoms. The second-order valence-electron chi connectivity index (χ2n) is 8.48. The lowest BCUT2D eigenvalue weighted by atomic mass is 10.1. The van der Waals surface area contributed by atoms with Crippen molar-refractivity contribution in [2.45, 2.75) is 31.7 Å². The number of anilines is 1. The second-order valence-corrected chi connectivity index (χ2v) is 9.65. The number of aromatic nitrogens is 2. The molecule has 5 rings (SSSR count). The third-order valence-electron chi connectivity index (χ3n) is 6.25. The fourth-order valence-corrected chi connectivity index (χ4v) is 5.28. The molecule has 5 nitrogen and oxygen atoms in total. The molecular formula is C24H25ClN4OS. The van der Waals surface area contributed by atoms with Crippen molar-refractivity contribution < 1.29 is 4.79 Å². The van der Waals surface area contributed by atoms with Gasteiger partial charge in [0, 0.05) is 54.6 Å². The van der Waals surface area contributed by atoms with Crippen LogP contribution in [0.2, 0.25) is 5.02 Å². The minimum Gasteiger partial charge on any atom is -0.343 e. The zero-order chi connectivity index (χ0) is 21.4. The van der Waals surface area contributed by atoms with E-state index in [1.54, 1.807) is 0 Å². The minimum absolute atomic E-state index is 0.143. The van der Waals surface area contributed by atoms with E-state index >= 15 is 0 Å². The van der Waals surface area contributed by atoms with E-state index < -0.39 is 0 Å². The van der Waals surface area contributed by atoms with Crippen LogP contribution in [-0.4, -0.2) is 45.8 Å². The van der Waals surface area contributed by atoms with E-state index in [0.717, 1.165) is 47.6 Å². The van der Waals surface area contributed by atoms with Crippen molar-refractivity contribution in [1.82, 2.24) is 14.3 Å². The average molecular weight is 453 g/mol. The molecule has 1 saturated carbocycles. The van der Waals surface area contributed by atoms with E-state index in [1.807, 2.05) is 30.3 Å². The summed E-state index contributed by atoms with van der Waals surface area (Å²) >= 11 is 7.41. The van der Waals surface area contributed by atoms with Crippen LogP contribution in [0.1, 0.15) is 36.2 Å². The summed E-state index contributed by atoms with van der Waals surface area (Å²) in [4.78, 5) is 22.2. The molecule has 160 valence electrons. The lowest BCUT2D eigenvalue weighted by Crippen LogP contribution is -2.54. The number of halogens is 1. The van der Waals surface area contributed by atoms with Gasteiger partial charge in [0.15, 0.2) is 0 Å². The summed E-state index contributed by atoms with van der Waals surface area (Å²) in [6.45, 7) is 4.47. The quantitative estimate of drug-likeness (QED) is 0.566. The lowest BCUT2D eigenvalue weighted by Gasteiger charge is -2.39. The van der Waals surface area contributed by atoms with E-state index in [-0.39, 0.29) is 12.0 Å². The fraction of sp³-hybridized carbons (Fsp3) is 0.375. The first-order valence-corrected chi connectivity index (χ1v) is 11.9. The van der Waals surface area contributed by atoms with Crippen LogP contribution in [0.15, 0.2) is 54.6 Å². The molecule has 3 unspecified atom stereocenters. The van der Waals surface area contributed by atoms with Gasteiger partial charge in [-0.2, -0.15) is 4.37 Å². The Labute approximate surface area is 191 Å². The number of amides is 1. The molecule has 1 aliphatic heterocycles. The van der Waals surface area contributed by atoms with Gasteiger partial charge in [0.1, 0.15) is 5.82 Å². The van der Waals surface area contributed by atoms with Gasteiger partial charge < -0.3 is 9.80 Å². The van der Waals surface area contributed by atoms with E-state index in [9.17, 15) is 4.79 Å². The molecule has 1 amide bonds. The molecule has 0 N–H and O–H groups in total. The van der Waals surface area contributed by atoms with Gasteiger partial charge in [-0.05, 0) is 42.5 Å². The van der Waals surface area contributed by atoms with Crippen molar-refractivity contribution in [3.63, 3.8) is 0 Å². The van der Waals surface area contributed by atoms with E-state index in [0.29, 0.717) is 18.2 Å². The number of piperazine rings is 1. The first-order valence-electron chi connectivity index (χ1n) is 10.8. The van der Waals surface area contributed by atoms with Crippen LogP contribution < -0.4 is 4.90 Å². The first kappa shape index (κ1) is 20.5. The molecule has 31 heavy (non-hydrogen) atoms. The number of benzene rings is 2. The van der Waals surface area contributed by atoms with Gasteiger partial charge in [0.2, 0.25) is 11.0 Å². The lowest BCUT2D eigenvalue weighted by molar-refractivity contribution is -0.135. The molecule has 3 aromatic rings. The van der Waals surface area contributed by atoms with Gasteiger partial charge in [-0.3, -0.25) is 4.79 Å². The standard InChI is InChI=1S/C24H25ClN4OS/c1-16-15-28(24-26-22(27-31-24)13-17-7-9-19(25)10-8-17)11-12-29(16)23(30)21-14-20(21)18-5-3-2-4-6-18/h2-10,16,20-21H,11-15H2,1H3. The van der Waals surface area contributed by atoms with Gasteiger partial charge >= 0.3 is 0 Å². The third kappa shape index (κ3) is 4.46. The Kier molecular flexibility index (Phi) is 5.67. The van der Waals surface area contributed by atoms with E-state index in [1.165, 1.54) is 17.1 Å². The molecule has 2 aromatic carbocycles.